The normalized spacial score (nSPS) is 17.8. The molecule has 1 aromatic rings. The molecule has 0 saturated carbocycles. The molecule has 4 heteroatoms. The number of hydrogen-bond donors (Lipinski definition) is 0. The summed E-state index contributed by atoms with van der Waals surface area (Å²) in [6.45, 7) is 2.30. The molecule has 3 nitrogen and oxygen atoms in total. The number of ether oxygens (including phenoxy) is 1. The smallest absolute Gasteiger partial charge is 0.142 e. The summed E-state index contributed by atoms with van der Waals surface area (Å²) in [4.78, 5) is 4.68. The van der Waals surface area contributed by atoms with Gasteiger partial charge in [0.15, 0.2) is 0 Å². The van der Waals surface area contributed by atoms with Gasteiger partial charge < -0.3 is 14.5 Å². The van der Waals surface area contributed by atoms with E-state index in [4.69, 9.17) is 16.3 Å². The average molecular weight is 269 g/mol. The maximum absolute atomic E-state index is 6.09. The predicted octanol–water partition coefficient (Wildman–Crippen LogP) is 2.88. The standard InChI is InChI=1S/C14H21ClN2O/c1-16-8-6-12(7-9-16)17(2)13-10-11(15)4-5-14(13)18-3/h4-5,10,12H,6-9H2,1-3H3. The highest BCUT2D eigenvalue weighted by Gasteiger charge is 2.22. The first-order valence-corrected chi connectivity index (χ1v) is 6.74. The Morgan fingerprint density at radius 1 is 1.33 bits per heavy atom. The van der Waals surface area contributed by atoms with Gasteiger partial charge in [-0.2, -0.15) is 0 Å². The second-order valence-corrected chi connectivity index (χ2v) is 5.40. The van der Waals surface area contributed by atoms with Crippen LogP contribution in [0, 0.1) is 0 Å². The zero-order valence-corrected chi connectivity index (χ0v) is 12.1. The van der Waals surface area contributed by atoms with Gasteiger partial charge in [0.25, 0.3) is 0 Å². The molecule has 2 rings (SSSR count). The molecule has 1 saturated heterocycles. The van der Waals surface area contributed by atoms with Crippen molar-refractivity contribution in [3.8, 4) is 5.75 Å². The summed E-state index contributed by atoms with van der Waals surface area (Å²) >= 11 is 6.09. The van der Waals surface area contributed by atoms with E-state index in [0.29, 0.717) is 6.04 Å². The van der Waals surface area contributed by atoms with Crippen LogP contribution in [0.5, 0.6) is 5.75 Å². The molecule has 0 radical (unpaired) electrons. The summed E-state index contributed by atoms with van der Waals surface area (Å²) in [5.41, 5.74) is 1.08. The first-order valence-electron chi connectivity index (χ1n) is 6.36. The fourth-order valence-corrected chi connectivity index (χ4v) is 2.68. The summed E-state index contributed by atoms with van der Waals surface area (Å²) in [5.74, 6) is 0.890. The van der Waals surface area contributed by atoms with Crippen LogP contribution >= 0.6 is 11.6 Å². The Kier molecular flexibility index (Phi) is 4.36. The van der Waals surface area contributed by atoms with Crippen LogP contribution in [0.3, 0.4) is 0 Å². The van der Waals surface area contributed by atoms with Gasteiger partial charge in [-0.05, 0) is 51.2 Å². The second kappa shape index (κ2) is 5.81. The fraction of sp³-hybridized carbons (Fsp3) is 0.571. The van der Waals surface area contributed by atoms with Crippen molar-refractivity contribution < 1.29 is 4.74 Å². The number of anilines is 1. The maximum Gasteiger partial charge on any atom is 0.142 e. The number of halogens is 1. The summed E-state index contributed by atoms with van der Waals surface area (Å²) in [5, 5.41) is 0.755. The molecule has 100 valence electrons. The van der Waals surface area contributed by atoms with Crippen molar-refractivity contribution in [2.45, 2.75) is 18.9 Å². The van der Waals surface area contributed by atoms with Gasteiger partial charge in [0.1, 0.15) is 5.75 Å². The monoisotopic (exact) mass is 268 g/mol. The molecule has 1 aromatic carbocycles. The van der Waals surface area contributed by atoms with E-state index >= 15 is 0 Å². The van der Waals surface area contributed by atoms with Crippen molar-refractivity contribution in [1.29, 1.82) is 0 Å². The highest BCUT2D eigenvalue weighted by molar-refractivity contribution is 6.30. The van der Waals surface area contributed by atoms with E-state index in [1.54, 1.807) is 7.11 Å². The van der Waals surface area contributed by atoms with E-state index in [-0.39, 0.29) is 0 Å². The Labute approximate surface area is 114 Å². The van der Waals surface area contributed by atoms with E-state index in [0.717, 1.165) is 29.5 Å². The predicted molar refractivity (Wildman–Crippen MR) is 76.9 cm³/mol. The molecule has 0 bridgehead atoms. The van der Waals surface area contributed by atoms with Crippen molar-refractivity contribution >= 4 is 17.3 Å². The molecule has 1 aliphatic rings. The van der Waals surface area contributed by atoms with E-state index in [1.807, 2.05) is 18.2 Å². The number of likely N-dealkylation sites (tertiary alicyclic amines) is 1. The molecule has 0 N–H and O–H groups in total. The lowest BCUT2D eigenvalue weighted by molar-refractivity contribution is 0.252. The molecule has 0 amide bonds. The Balaban J connectivity index is 2.17. The van der Waals surface area contributed by atoms with Crippen LogP contribution in [0.2, 0.25) is 5.02 Å². The largest absolute Gasteiger partial charge is 0.495 e. The van der Waals surface area contributed by atoms with Crippen LogP contribution < -0.4 is 9.64 Å². The second-order valence-electron chi connectivity index (χ2n) is 4.96. The highest BCUT2D eigenvalue weighted by atomic mass is 35.5. The van der Waals surface area contributed by atoms with Gasteiger partial charge in [0, 0.05) is 18.1 Å². The molecule has 0 atom stereocenters. The van der Waals surface area contributed by atoms with E-state index < -0.39 is 0 Å². The first kappa shape index (κ1) is 13.5. The number of methoxy groups -OCH3 is 1. The number of hydrogen-bond acceptors (Lipinski definition) is 3. The summed E-state index contributed by atoms with van der Waals surface area (Å²) < 4.78 is 5.42. The molecule has 0 unspecified atom stereocenters. The van der Waals surface area contributed by atoms with Crippen molar-refractivity contribution in [2.75, 3.05) is 39.2 Å². The van der Waals surface area contributed by atoms with Crippen molar-refractivity contribution in [3.05, 3.63) is 23.2 Å². The third-order valence-electron chi connectivity index (χ3n) is 3.76. The zero-order valence-electron chi connectivity index (χ0n) is 11.3. The average Bonchev–Trinajstić information content (AvgIpc) is 2.39. The fourth-order valence-electron chi connectivity index (χ4n) is 2.52. The van der Waals surface area contributed by atoms with E-state index in [2.05, 4.69) is 23.9 Å². The van der Waals surface area contributed by atoms with Crippen LogP contribution in [-0.4, -0.2) is 45.2 Å². The number of nitrogens with zero attached hydrogens (tertiary/aromatic N) is 2. The van der Waals surface area contributed by atoms with Gasteiger partial charge in [0.2, 0.25) is 0 Å². The van der Waals surface area contributed by atoms with Crippen LogP contribution in [0.1, 0.15) is 12.8 Å². The van der Waals surface area contributed by atoms with Crippen LogP contribution in [0.4, 0.5) is 5.69 Å². The Bertz CT molecular complexity index is 403. The number of rotatable bonds is 3. The molecule has 0 spiro atoms. The van der Waals surface area contributed by atoms with Gasteiger partial charge in [-0.25, -0.2) is 0 Å². The topological polar surface area (TPSA) is 15.7 Å². The first-order chi connectivity index (χ1) is 8.61. The summed E-state index contributed by atoms with van der Waals surface area (Å²) in [7, 11) is 6.01. The molecule has 0 aliphatic carbocycles. The molecule has 1 fully saturated rings. The van der Waals surface area contributed by atoms with E-state index in [1.165, 1.54) is 12.8 Å². The number of benzene rings is 1. The van der Waals surface area contributed by atoms with Gasteiger partial charge in [-0.1, -0.05) is 11.6 Å². The Hall–Kier alpha value is -0.930. The SMILES string of the molecule is COc1ccc(Cl)cc1N(C)C1CCN(C)CC1. The Morgan fingerprint density at radius 3 is 2.61 bits per heavy atom. The molecule has 1 heterocycles. The Morgan fingerprint density at radius 2 is 2.00 bits per heavy atom. The quantitative estimate of drug-likeness (QED) is 0.838. The lowest BCUT2D eigenvalue weighted by Gasteiger charge is -2.36. The minimum absolute atomic E-state index is 0.563. The van der Waals surface area contributed by atoms with Crippen LogP contribution in [-0.2, 0) is 0 Å². The lowest BCUT2D eigenvalue weighted by atomic mass is 10.0. The van der Waals surface area contributed by atoms with Gasteiger partial charge in [0.05, 0.1) is 12.8 Å². The van der Waals surface area contributed by atoms with Crippen molar-refractivity contribution in [3.63, 3.8) is 0 Å². The van der Waals surface area contributed by atoms with Crippen molar-refractivity contribution in [1.82, 2.24) is 4.90 Å². The zero-order chi connectivity index (χ0) is 13.1. The lowest BCUT2D eigenvalue weighted by Crippen LogP contribution is -2.42. The third-order valence-corrected chi connectivity index (χ3v) is 3.99. The van der Waals surface area contributed by atoms with Crippen molar-refractivity contribution in [2.24, 2.45) is 0 Å². The van der Waals surface area contributed by atoms with Crippen LogP contribution in [0.25, 0.3) is 0 Å². The van der Waals surface area contributed by atoms with Crippen LogP contribution in [0.15, 0.2) is 18.2 Å². The summed E-state index contributed by atoms with van der Waals surface area (Å²) in [6.07, 6.45) is 2.37. The minimum Gasteiger partial charge on any atom is -0.495 e. The summed E-state index contributed by atoms with van der Waals surface area (Å²) in [6, 6.07) is 6.35. The third kappa shape index (κ3) is 2.90. The molecular formula is C14H21ClN2O. The molecular weight excluding hydrogens is 248 g/mol. The number of piperidine rings is 1. The minimum atomic E-state index is 0.563. The highest BCUT2D eigenvalue weighted by Crippen LogP contribution is 2.33. The van der Waals surface area contributed by atoms with Gasteiger partial charge in [-0.15, -0.1) is 0 Å². The molecule has 0 aromatic heterocycles. The van der Waals surface area contributed by atoms with Gasteiger partial charge >= 0.3 is 0 Å². The maximum atomic E-state index is 6.09. The van der Waals surface area contributed by atoms with E-state index in [9.17, 15) is 0 Å². The molecule has 1 aliphatic heterocycles. The molecule has 18 heavy (non-hydrogen) atoms. The van der Waals surface area contributed by atoms with Gasteiger partial charge in [-0.3, -0.25) is 0 Å².